The molecule has 1 aliphatic heterocycles. The van der Waals surface area contributed by atoms with Crippen LogP contribution in [0.3, 0.4) is 0 Å². The summed E-state index contributed by atoms with van der Waals surface area (Å²) < 4.78 is 44.7. The van der Waals surface area contributed by atoms with Gasteiger partial charge in [0.25, 0.3) is 0 Å². The standard InChI is InChI=1S/C11H10F3NO2/c1-6-7(3-2-4-8(6)12)9-11(13,14)5-17-10(16)15-9/h2-4,9H,5H2,1H3,(H,15,16)/t9-/m1/s1. The molecule has 17 heavy (non-hydrogen) atoms. The molecule has 0 aromatic heterocycles. The molecule has 0 unspecified atom stereocenters. The van der Waals surface area contributed by atoms with E-state index < -0.39 is 30.5 Å². The minimum atomic E-state index is -3.26. The van der Waals surface area contributed by atoms with Gasteiger partial charge in [0, 0.05) is 0 Å². The maximum absolute atomic E-state index is 13.6. The molecule has 1 atom stereocenters. The fraction of sp³-hybridized carbons (Fsp3) is 0.364. The van der Waals surface area contributed by atoms with Gasteiger partial charge >= 0.3 is 12.0 Å². The second-order valence-electron chi connectivity index (χ2n) is 3.87. The van der Waals surface area contributed by atoms with Crippen molar-refractivity contribution in [3.63, 3.8) is 0 Å². The lowest BCUT2D eigenvalue weighted by Crippen LogP contribution is -2.49. The van der Waals surface area contributed by atoms with Gasteiger partial charge in [-0.2, -0.15) is 0 Å². The van der Waals surface area contributed by atoms with E-state index in [-0.39, 0.29) is 11.1 Å². The summed E-state index contributed by atoms with van der Waals surface area (Å²) in [6.45, 7) is 0.391. The van der Waals surface area contributed by atoms with Crippen LogP contribution in [0.2, 0.25) is 0 Å². The number of carbonyl (C=O) groups excluding carboxylic acids is 1. The Kier molecular flexibility index (Phi) is 2.73. The Labute approximate surface area is 95.6 Å². The third-order valence-corrected chi connectivity index (χ3v) is 2.70. The van der Waals surface area contributed by atoms with Gasteiger partial charge in [-0.15, -0.1) is 0 Å². The second-order valence-corrected chi connectivity index (χ2v) is 3.87. The van der Waals surface area contributed by atoms with Crippen LogP contribution in [0, 0.1) is 12.7 Å². The highest BCUT2D eigenvalue weighted by atomic mass is 19.3. The van der Waals surface area contributed by atoms with Gasteiger partial charge in [0.15, 0.2) is 6.61 Å². The molecule has 0 radical (unpaired) electrons. The Bertz CT molecular complexity index is 462. The third-order valence-electron chi connectivity index (χ3n) is 2.70. The zero-order valence-electron chi connectivity index (χ0n) is 8.97. The number of carbonyl (C=O) groups is 1. The minimum Gasteiger partial charge on any atom is -0.443 e. The van der Waals surface area contributed by atoms with Crippen LogP contribution in [-0.2, 0) is 4.74 Å². The number of rotatable bonds is 1. The van der Waals surface area contributed by atoms with Crippen molar-refractivity contribution in [1.82, 2.24) is 5.32 Å². The van der Waals surface area contributed by atoms with Crippen LogP contribution in [0.1, 0.15) is 17.2 Å². The van der Waals surface area contributed by atoms with E-state index in [0.717, 1.165) is 0 Å². The molecule has 92 valence electrons. The monoisotopic (exact) mass is 245 g/mol. The van der Waals surface area contributed by atoms with E-state index in [1.165, 1.54) is 25.1 Å². The summed E-state index contributed by atoms with van der Waals surface area (Å²) in [6.07, 6.45) is -0.926. The Morgan fingerprint density at radius 2 is 2.18 bits per heavy atom. The SMILES string of the molecule is Cc1c(F)cccc1[C@H]1NC(=O)OCC1(F)F. The summed E-state index contributed by atoms with van der Waals surface area (Å²) in [7, 11) is 0. The first kappa shape index (κ1) is 11.8. The van der Waals surface area contributed by atoms with Crippen molar-refractivity contribution in [3.05, 3.63) is 35.1 Å². The molecule has 6 heteroatoms. The molecule has 0 spiro atoms. The highest BCUT2D eigenvalue weighted by Crippen LogP contribution is 2.36. The van der Waals surface area contributed by atoms with Crippen molar-refractivity contribution in [2.24, 2.45) is 0 Å². The topological polar surface area (TPSA) is 38.3 Å². The molecule has 1 heterocycles. The Morgan fingerprint density at radius 3 is 2.88 bits per heavy atom. The van der Waals surface area contributed by atoms with E-state index in [9.17, 15) is 18.0 Å². The van der Waals surface area contributed by atoms with Crippen LogP contribution >= 0.6 is 0 Å². The van der Waals surface area contributed by atoms with Crippen LogP contribution in [0.25, 0.3) is 0 Å². The lowest BCUT2D eigenvalue weighted by molar-refractivity contribution is -0.104. The average Bonchev–Trinajstić information content (AvgIpc) is 2.26. The maximum atomic E-state index is 13.6. The molecule has 1 aliphatic rings. The van der Waals surface area contributed by atoms with E-state index in [4.69, 9.17) is 0 Å². The van der Waals surface area contributed by atoms with Crippen LogP contribution < -0.4 is 5.32 Å². The molecule has 1 saturated heterocycles. The van der Waals surface area contributed by atoms with Gasteiger partial charge in [-0.25, -0.2) is 18.0 Å². The number of ether oxygens (including phenoxy) is 1. The van der Waals surface area contributed by atoms with Crippen molar-refractivity contribution in [2.45, 2.75) is 18.9 Å². The predicted molar refractivity (Wildman–Crippen MR) is 53.3 cm³/mol. The first-order chi connectivity index (χ1) is 7.92. The second kappa shape index (κ2) is 3.94. The lowest BCUT2D eigenvalue weighted by Gasteiger charge is -2.32. The summed E-state index contributed by atoms with van der Waals surface area (Å²) in [6, 6.07) is 2.32. The molecule has 1 aromatic rings. The van der Waals surface area contributed by atoms with Crippen LogP contribution in [-0.4, -0.2) is 18.6 Å². The van der Waals surface area contributed by atoms with Gasteiger partial charge in [0.1, 0.15) is 11.9 Å². The zero-order chi connectivity index (χ0) is 12.6. The lowest BCUT2D eigenvalue weighted by atomic mass is 9.95. The van der Waals surface area contributed by atoms with E-state index in [0.29, 0.717) is 0 Å². The number of halogens is 3. The van der Waals surface area contributed by atoms with Crippen molar-refractivity contribution in [3.8, 4) is 0 Å². The predicted octanol–water partition coefficient (Wildman–Crippen LogP) is 2.55. The van der Waals surface area contributed by atoms with E-state index >= 15 is 0 Å². The first-order valence-corrected chi connectivity index (χ1v) is 4.98. The van der Waals surface area contributed by atoms with Crippen molar-refractivity contribution in [1.29, 1.82) is 0 Å². The van der Waals surface area contributed by atoms with E-state index in [1.54, 1.807) is 0 Å². The molecular weight excluding hydrogens is 235 g/mol. The van der Waals surface area contributed by atoms with Gasteiger partial charge in [-0.05, 0) is 24.1 Å². The van der Waals surface area contributed by atoms with E-state index in [2.05, 4.69) is 4.74 Å². The average molecular weight is 245 g/mol. The van der Waals surface area contributed by atoms with Gasteiger partial charge < -0.3 is 10.1 Å². The molecule has 0 aliphatic carbocycles. The quantitative estimate of drug-likeness (QED) is 0.825. The third kappa shape index (κ3) is 2.07. The van der Waals surface area contributed by atoms with Crippen LogP contribution in [0.15, 0.2) is 18.2 Å². The van der Waals surface area contributed by atoms with Crippen molar-refractivity contribution < 1.29 is 22.7 Å². The number of hydrogen-bond acceptors (Lipinski definition) is 2. The largest absolute Gasteiger partial charge is 0.443 e. The molecular formula is C11H10F3NO2. The Morgan fingerprint density at radius 1 is 1.47 bits per heavy atom. The van der Waals surface area contributed by atoms with Crippen molar-refractivity contribution >= 4 is 6.09 Å². The number of hydrogen-bond donors (Lipinski definition) is 1. The number of benzene rings is 1. The van der Waals surface area contributed by atoms with Gasteiger partial charge in [0.05, 0.1) is 0 Å². The first-order valence-electron chi connectivity index (χ1n) is 4.98. The molecule has 0 saturated carbocycles. The summed E-state index contributed by atoms with van der Waals surface area (Å²) in [4.78, 5) is 11.0. The summed E-state index contributed by atoms with van der Waals surface area (Å²) in [5.41, 5.74) is 0.158. The van der Waals surface area contributed by atoms with Gasteiger partial charge in [0.2, 0.25) is 0 Å². The Hall–Kier alpha value is -1.72. The van der Waals surface area contributed by atoms with E-state index in [1.807, 2.05) is 5.32 Å². The molecule has 0 bridgehead atoms. The molecule has 1 aromatic carbocycles. The van der Waals surface area contributed by atoms with Crippen molar-refractivity contribution in [2.75, 3.05) is 6.61 Å². The Balaban J connectivity index is 2.43. The molecule has 1 N–H and O–H groups in total. The molecule has 2 rings (SSSR count). The van der Waals surface area contributed by atoms with Crippen LogP contribution in [0.5, 0.6) is 0 Å². The normalized spacial score (nSPS) is 22.8. The molecule has 1 amide bonds. The van der Waals surface area contributed by atoms with Crippen LogP contribution in [0.4, 0.5) is 18.0 Å². The smallest absolute Gasteiger partial charge is 0.408 e. The summed E-state index contributed by atoms with van der Waals surface area (Å²) in [5, 5.41) is 2.01. The highest BCUT2D eigenvalue weighted by Gasteiger charge is 2.47. The maximum Gasteiger partial charge on any atom is 0.408 e. The summed E-state index contributed by atoms with van der Waals surface area (Å²) >= 11 is 0. The van der Waals surface area contributed by atoms with Gasteiger partial charge in [-0.1, -0.05) is 12.1 Å². The fourth-order valence-electron chi connectivity index (χ4n) is 1.75. The number of alkyl halides is 2. The highest BCUT2D eigenvalue weighted by molar-refractivity contribution is 5.69. The molecule has 3 nitrogen and oxygen atoms in total. The van der Waals surface area contributed by atoms with Gasteiger partial charge in [-0.3, -0.25) is 0 Å². The number of amides is 1. The molecule has 1 fully saturated rings. The minimum absolute atomic E-state index is 0.0617. The summed E-state index contributed by atoms with van der Waals surface area (Å²) in [5.74, 6) is -3.84. The zero-order valence-corrected chi connectivity index (χ0v) is 8.97. The fourth-order valence-corrected chi connectivity index (χ4v) is 1.75. The number of nitrogens with one attached hydrogen (secondary N) is 1. The number of cyclic esters (lactones) is 1. The number of alkyl carbamates (subject to hydrolysis) is 1.